The summed E-state index contributed by atoms with van der Waals surface area (Å²) in [6.45, 7) is 1.41. The summed E-state index contributed by atoms with van der Waals surface area (Å²) in [6, 6.07) is 0. The Balaban J connectivity index is 1.51. The highest BCUT2D eigenvalue weighted by Gasteiger charge is 2.21. The maximum atomic E-state index is 11.9. The number of rotatable bonds is 8. The standard InChI is InChI=1S/C16H29NO3/c18-15(12-20-11-14-7-8-14)10-17-16(19)9-13-5-3-1-2-4-6-13/h13-15,18H,1-12H2,(H,17,19). The van der Waals surface area contributed by atoms with E-state index in [4.69, 9.17) is 4.74 Å². The predicted octanol–water partition coefficient (Wildman–Crippen LogP) is 2.25. The summed E-state index contributed by atoms with van der Waals surface area (Å²) in [5.74, 6) is 1.34. The fourth-order valence-electron chi connectivity index (χ4n) is 2.85. The van der Waals surface area contributed by atoms with E-state index in [1.807, 2.05) is 0 Å². The van der Waals surface area contributed by atoms with E-state index in [-0.39, 0.29) is 5.91 Å². The summed E-state index contributed by atoms with van der Waals surface area (Å²) < 4.78 is 5.42. The lowest BCUT2D eigenvalue weighted by atomic mass is 9.96. The van der Waals surface area contributed by atoms with Gasteiger partial charge in [0, 0.05) is 19.6 Å². The molecule has 1 atom stereocenters. The molecule has 1 unspecified atom stereocenters. The lowest BCUT2D eigenvalue weighted by Gasteiger charge is -2.15. The Morgan fingerprint density at radius 2 is 1.80 bits per heavy atom. The van der Waals surface area contributed by atoms with Crippen LogP contribution in [-0.4, -0.2) is 36.9 Å². The number of nitrogens with one attached hydrogen (secondary N) is 1. The quantitative estimate of drug-likeness (QED) is 0.672. The van der Waals surface area contributed by atoms with E-state index in [0.29, 0.717) is 31.4 Å². The third-order valence-corrected chi connectivity index (χ3v) is 4.34. The van der Waals surface area contributed by atoms with Crippen molar-refractivity contribution in [1.29, 1.82) is 0 Å². The fourth-order valence-corrected chi connectivity index (χ4v) is 2.85. The lowest BCUT2D eigenvalue weighted by molar-refractivity contribution is -0.122. The average molecular weight is 283 g/mol. The molecule has 0 aromatic rings. The molecule has 116 valence electrons. The van der Waals surface area contributed by atoms with E-state index in [1.54, 1.807) is 0 Å². The summed E-state index contributed by atoms with van der Waals surface area (Å²) in [4.78, 5) is 11.9. The Labute approximate surface area is 122 Å². The topological polar surface area (TPSA) is 58.6 Å². The van der Waals surface area contributed by atoms with E-state index in [1.165, 1.54) is 51.4 Å². The van der Waals surface area contributed by atoms with Crippen molar-refractivity contribution in [3.8, 4) is 0 Å². The first-order chi connectivity index (χ1) is 9.74. The molecule has 1 amide bonds. The van der Waals surface area contributed by atoms with Crippen LogP contribution in [0.15, 0.2) is 0 Å². The van der Waals surface area contributed by atoms with Crippen LogP contribution in [0, 0.1) is 11.8 Å². The molecule has 2 saturated carbocycles. The third kappa shape index (κ3) is 6.71. The minimum atomic E-state index is -0.577. The van der Waals surface area contributed by atoms with Gasteiger partial charge in [0.05, 0.1) is 12.7 Å². The second kappa shape index (κ2) is 8.63. The van der Waals surface area contributed by atoms with E-state index in [2.05, 4.69) is 5.32 Å². The third-order valence-electron chi connectivity index (χ3n) is 4.34. The Morgan fingerprint density at radius 1 is 1.10 bits per heavy atom. The average Bonchev–Trinajstić information content (AvgIpc) is 3.24. The Kier molecular flexibility index (Phi) is 6.80. The number of amides is 1. The van der Waals surface area contributed by atoms with Crippen molar-refractivity contribution >= 4 is 5.91 Å². The van der Waals surface area contributed by atoms with Crippen molar-refractivity contribution in [3.05, 3.63) is 0 Å². The highest BCUT2D eigenvalue weighted by molar-refractivity contribution is 5.76. The first kappa shape index (κ1) is 15.8. The summed E-state index contributed by atoms with van der Waals surface area (Å²) in [5, 5.41) is 12.6. The number of aliphatic hydroxyl groups is 1. The van der Waals surface area contributed by atoms with Crippen LogP contribution in [0.3, 0.4) is 0 Å². The van der Waals surface area contributed by atoms with Gasteiger partial charge < -0.3 is 15.2 Å². The number of ether oxygens (including phenoxy) is 1. The molecular weight excluding hydrogens is 254 g/mol. The molecule has 0 radical (unpaired) electrons. The van der Waals surface area contributed by atoms with Gasteiger partial charge in [0.15, 0.2) is 0 Å². The van der Waals surface area contributed by atoms with Crippen molar-refractivity contribution in [1.82, 2.24) is 5.32 Å². The zero-order valence-corrected chi connectivity index (χ0v) is 12.5. The normalized spacial score (nSPS) is 22.2. The van der Waals surface area contributed by atoms with Crippen LogP contribution in [0.2, 0.25) is 0 Å². The van der Waals surface area contributed by atoms with Gasteiger partial charge in [-0.3, -0.25) is 4.79 Å². The molecule has 0 saturated heterocycles. The monoisotopic (exact) mass is 283 g/mol. The first-order valence-electron chi connectivity index (χ1n) is 8.26. The van der Waals surface area contributed by atoms with Crippen molar-refractivity contribution < 1.29 is 14.6 Å². The molecule has 0 bridgehead atoms. The summed E-state index contributed by atoms with van der Waals surface area (Å²) in [5.41, 5.74) is 0. The molecule has 2 fully saturated rings. The van der Waals surface area contributed by atoms with E-state index in [0.717, 1.165) is 6.61 Å². The molecule has 0 aromatic carbocycles. The number of hydrogen-bond donors (Lipinski definition) is 2. The Morgan fingerprint density at radius 3 is 2.45 bits per heavy atom. The summed E-state index contributed by atoms with van der Waals surface area (Å²) in [7, 11) is 0. The van der Waals surface area contributed by atoms with E-state index < -0.39 is 6.10 Å². The van der Waals surface area contributed by atoms with Gasteiger partial charge in [-0.05, 0) is 37.5 Å². The molecule has 4 heteroatoms. The van der Waals surface area contributed by atoms with Crippen LogP contribution < -0.4 is 5.32 Å². The van der Waals surface area contributed by atoms with Crippen LogP contribution >= 0.6 is 0 Å². The SMILES string of the molecule is O=C(CC1CCCCCC1)NCC(O)COCC1CC1. The fraction of sp³-hybridized carbons (Fsp3) is 0.938. The van der Waals surface area contributed by atoms with Crippen molar-refractivity contribution in [2.45, 2.75) is 63.9 Å². The van der Waals surface area contributed by atoms with Gasteiger partial charge >= 0.3 is 0 Å². The minimum absolute atomic E-state index is 0.0816. The maximum absolute atomic E-state index is 11.9. The number of carbonyl (C=O) groups is 1. The number of carbonyl (C=O) groups excluding carboxylic acids is 1. The van der Waals surface area contributed by atoms with Gasteiger partial charge in [-0.2, -0.15) is 0 Å². The highest BCUT2D eigenvalue weighted by atomic mass is 16.5. The van der Waals surface area contributed by atoms with Crippen LogP contribution in [0.4, 0.5) is 0 Å². The molecule has 2 aliphatic rings. The van der Waals surface area contributed by atoms with Crippen LogP contribution in [-0.2, 0) is 9.53 Å². The second-order valence-corrected chi connectivity index (χ2v) is 6.50. The smallest absolute Gasteiger partial charge is 0.220 e. The molecular formula is C16H29NO3. The number of hydrogen-bond acceptors (Lipinski definition) is 3. The number of aliphatic hydroxyl groups excluding tert-OH is 1. The second-order valence-electron chi connectivity index (χ2n) is 6.50. The van der Waals surface area contributed by atoms with Crippen LogP contribution in [0.25, 0.3) is 0 Å². The maximum Gasteiger partial charge on any atom is 0.220 e. The first-order valence-corrected chi connectivity index (χ1v) is 8.26. The van der Waals surface area contributed by atoms with Gasteiger partial charge in [-0.15, -0.1) is 0 Å². The molecule has 0 spiro atoms. The zero-order chi connectivity index (χ0) is 14.2. The minimum Gasteiger partial charge on any atom is -0.389 e. The molecule has 2 N–H and O–H groups in total. The highest BCUT2D eigenvalue weighted by Crippen LogP contribution is 2.28. The van der Waals surface area contributed by atoms with Gasteiger partial charge in [0.1, 0.15) is 0 Å². The molecule has 0 aliphatic heterocycles. The largest absolute Gasteiger partial charge is 0.389 e. The molecule has 4 nitrogen and oxygen atoms in total. The zero-order valence-electron chi connectivity index (χ0n) is 12.5. The summed E-state index contributed by atoms with van der Waals surface area (Å²) in [6.07, 6.45) is 10.1. The molecule has 2 rings (SSSR count). The van der Waals surface area contributed by atoms with Gasteiger partial charge in [-0.25, -0.2) is 0 Å². The lowest BCUT2D eigenvalue weighted by Crippen LogP contribution is -2.35. The van der Waals surface area contributed by atoms with E-state index in [9.17, 15) is 9.90 Å². The Bertz CT molecular complexity index is 283. The molecule has 0 aromatic heterocycles. The van der Waals surface area contributed by atoms with Crippen LogP contribution in [0.1, 0.15) is 57.8 Å². The molecule has 20 heavy (non-hydrogen) atoms. The van der Waals surface area contributed by atoms with E-state index >= 15 is 0 Å². The van der Waals surface area contributed by atoms with Crippen molar-refractivity contribution in [3.63, 3.8) is 0 Å². The molecule has 2 aliphatic carbocycles. The van der Waals surface area contributed by atoms with Gasteiger partial charge in [0.25, 0.3) is 0 Å². The Hall–Kier alpha value is -0.610. The molecule has 0 heterocycles. The van der Waals surface area contributed by atoms with Crippen molar-refractivity contribution in [2.75, 3.05) is 19.8 Å². The van der Waals surface area contributed by atoms with Crippen molar-refractivity contribution in [2.24, 2.45) is 11.8 Å². The summed E-state index contributed by atoms with van der Waals surface area (Å²) >= 11 is 0. The predicted molar refractivity (Wildman–Crippen MR) is 78.4 cm³/mol. The van der Waals surface area contributed by atoms with Gasteiger partial charge in [-0.1, -0.05) is 25.7 Å². The van der Waals surface area contributed by atoms with Crippen LogP contribution in [0.5, 0.6) is 0 Å². The van der Waals surface area contributed by atoms with Gasteiger partial charge in [0.2, 0.25) is 5.91 Å².